The Kier molecular flexibility index (Phi) is 6.89. The highest BCUT2D eigenvalue weighted by atomic mass is 16.7. The molecule has 7 atom stereocenters. The van der Waals surface area contributed by atoms with Crippen molar-refractivity contribution in [3.63, 3.8) is 0 Å². The molecule has 0 radical (unpaired) electrons. The average molecular weight is 433 g/mol. The first kappa shape index (κ1) is 23.3. The summed E-state index contributed by atoms with van der Waals surface area (Å²) in [5.41, 5.74) is 4.48. The SMILES string of the molecule is COCO[C@@H]1CC[C@]2(C)C3CC[C@@]4(C)C(=C3CC[C@@H]2C1)CC[C@@H]4[C@H](C)CCC(=O)OC. The lowest BCUT2D eigenvalue weighted by Crippen LogP contribution is -2.48. The van der Waals surface area contributed by atoms with Crippen LogP contribution in [0.5, 0.6) is 0 Å². The van der Waals surface area contributed by atoms with Gasteiger partial charge in [0.25, 0.3) is 0 Å². The molecule has 0 aromatic rings. The van der Waals surface area contributed by atoms with Crippen molar-refractivity contribution in [2.75, 3.05) is 21.0 Å². The van der Waals surface area contributed by atoms with Crippen molar-refractivity contribution in [2.24, 2.45) is 34.5 Å². The van der Waals surface area contributed by atoms with Crippen molar-refractivity contribution in [3.05, 3.63) is 11.1 Å². The first-order valence-electron chi connectivity index (χ1n) is 12.7. The van der Waals surface area contributed by atoms with Crippen molar-refractivity contribution >= 4 is 5.97 Å². The van der Waals surface area contributed by atoms with Gasteiger partial charge in [0.1, 0.15) is 6.79 Å². The van der Waals surface area contributed by atoms with Crippen LogP contribution in [0.15, 0.2) is 11.1 Å². The highest BCUT2D eigenvalue weighted by Crippen LogP contribution is 2.66. The second-order valence-corrected chi connectivity index (χ2v) is 11.5. The summed E-state index contributed by atoms with van der Waals surface area (Å²) in [5, 5.41) is 0. The van der Waals surface area contributed by atoms with Gasteiger partial charge in [-0.2, -0.15) is 0 Å². The van der Waals surface area contributed by atoms with Gasteiger partial charge < -0.3 is 14.2 Å². The molecular weight excluding hydrogens is 388 g/mol. The topological polar surface area (TPSA) is 44.8 Å². The van der Waals surface area contributed by atoms with Crippen molar-refractivity contribution in [3.8, 4) is 0 Å². The first-order valence-corrected chi connectivity index (χ1v) is 12.7. The van der Waals surface area contributed by atoms with Crippen LogP contribution in [0, 0.1) is 34.5 Å². The Balaban J connectivity index is 1.50. The predicted molar refractivity (Wildman–Crippen MR) is 122 cm³/mol. The van der Waals surface area contributed by atoms with Gasteiger partial charge in [-0.15, -0.1) is 0 Å². The molecule has 0 aromatic carbocycles. The molecule has 0 spiro atoms. The fourth-order valence-electron chi connectivity index (χ4n) is 8.37. The summed E-state index contributed by atoms with van der Waals surface area (Å²) < 4.78 is 16.0. The summed E-state index contributed by atoms with van der Waals surface area (Å²) in [6, 6.07) is 0. The van der Waals surface area contributed by atoms with Crippen LogP contribution in [-0.2, 0) is 19.0 Å². The van der Waals surface area contributed by atoms with Crippen LogP contribution in [0.3, 0.4) is 0 Å². The highest BCUT2D eigenvalue weighted by Gasteiger charge is 2.55. The van der Waals surface area contributed by atoms with Crippen LogP contribution >= 0.6 is 0 Å². The Labute approximate surface area is 189 Å². The molecule has 0 heterocycles. The Hall–Kier alpha value is -0.870. The van der Waals surface area contributed by atoms with Crippen molar-refractivity contribution in [1.29, 1.82) is 0 Å². The Morgan fingerprint density at radius 2 is 1.90 bits per heavy atom. The molecule has 31 heavy (non-hydrogen) atoms. The van der Waals surface area contributed by atoms with E-state index in [1.165, 1.54) is 64.9 Å². The van der Waals surface area contributed by atoms with Gasteiger partial charge in [-0.25, -0.2) is 0 Å². The van der Waals surface area contributed by atoms with Crippen molar-refractivity contribution in [1.82, 2.24) is 0 Å². The molecule has 0 bridgehead atoms. The number of fused-ring (bicyclic) bond motifs is 4. The molecule has 3 saturated carbocycles. The lowest BCUT2D eigenvalue weighted by molar-refractivity contribution is -0.141. The molecule has 4 aliphatic carbocycles. The molecule has 4 aliphatic rings. The number of rotatable bonds is 7. The molecule has 0 aliphatic heterocycles. The molecule has 4 nitrogen and oxygen atoms in total. The van der Waals surface area contributed by atoms with E-state index in [4.69, 9.17) is 14.2 Å². The van der Waals surface area contributed by atoms with Gasteiger partial charge in [0.05, 0.1) is 13.2 Å². The maximum atomic E-state index is 11.7. The molecular formula is C27H44O4. The van der Waals surface area contributed by atoms with Crippen LogP contribution in [-0.4, -0.2) is 33.1 Å². The quantitative estimate of drug-likeness (QED) is 0.269. The predicted octanol–water partition coefficient (Wildman–Crippen LogP) is 6.29. The van der Waals surface area contributed by atoms with Gasteiger partial charge >= 0.3 is 5.97 Å². The zero-order chi connectivity index (χ0) is 22.2. The summed E-state index contributed by atoms with van der Waals surface area (Å²) >= 11 is 0. The van der Waals surface area contributed by atoms with Gasteiger partial charge in [-0.05, 0) is 98.7 Å². The number of allylic oxidation sites excluding steroid dienone is 2. The molecule has 0 amide bonds. The number of hydrogen-bond acceptors (Lipinski definition) is 4. The van der Waals surface area contributed by atoms with E-state index < -0.39 is 0 Å². The van der Waals surface area contributed by atoms with Gasteiger partial charge in [0.15, 0.2) is 0 Å². The number of carbonyl (C=O) groups excluding carboxylic acids is 1. The molecule has 1 unspecified atom stereocenters. The first-order chi connectivity index (χ1) is 14.8. The van der Waals surface area contributed by atoms with E-state index in [1.807, 2.05) is 11.1 Å². The van der Waals surface area contributed by atoms with E-state index in [1.54, 1.807) is 7.11 Å². The zero-order valence-electron chi connectivity index (χ0n) is 20.5. The van der Waals surface area contributed by atoms with Crippen molar-refractivity contribution in [2.45, 2.75) is 97.5 Å². The van der Waals surface area contributed by atoms with Crippen LogP contribution in [0.1, 0.15) is 91.4 Å². The monoisotopic (exact) mass is 432 g/mol. The third kappa shape index (κ3) is 4.12. The van der Waals surface area contributed by atoms with Crippen LogP contribution < -0.4 is 0 Å². The molecule has 0 saturated heterocycles. The average Bonchev–Trinajstić information content (AvgIpc) is 3.13. The summed E-state index contributed by atoms with van der Waals surface area (Å²) in [7, 11) is 3.22. The fourth-order valence-corrected chi connectivity index (χ4v) is 8.37. The lowest BCUT2D eigenvalue weighted by atomic mass is 9.49. The van der Waals surface area contributed by atoms with Crippen LogP contribution in [0.2, 0.25) is 0 Å². The third-order valence-corrected chi connectivity index (χ3v) is 10.2. The third-order valence-electron chi connectivity index (χ3n) is 10.2. The van der Waals surface area contributed by atoms with Crippen molar-refractivity contribution < 1.29 is 19.0 Å². The molecule has 0 N–H and O–H groups in total. The number of hydrogen-bond donors (Lipinski definition) is 0. The minimum absolute atomic E-state index is 0.0615. The molecule has 4 rings (SSSR count). The molecule has 3 fully saturated rings. The summed E-state index contributed by atoms with van der Waals surface area (Å²) in [6.45, 7) is 7.96. The largest absolute Gasteiger partial charge is 0.469 e. The number of methoxy groups -OCH3 is 2. The molecule has 0 aromatic heterocycles. The van der Waals surface area contributed by atoms with Gasteiger partial charge in [0, 0.05) is 13.5 Å². The van der Waals surface area contributed by atoms with E-state index in [0.717, 1.165) is 18.3 Å². The summed E-state index contributed by atoms with van der Waals surface area (Å²) in [4.78, 5) is 11.7. The van der Waals surface area contributed by atoms with Crippen LogP contribution in [0.25, 0.3) is 0 Å². The van der Waals surface area contributed by atoms with Crippen LogP contribution in [0.4, 0.5) is 0 Å². The van der Waals surface area contributed by atoms with E-state index >= 15 is 0 Å². The number of ether oxygens (including phenoxy) is 3. The Bertz CT molecular complexity index is 699. The maximum absolute atomic E-state index is 11.7. The lowest BCUT2D eigenvalue weighted by Gasteiger charge is -2.57. The molecule has 4 heteroatoms. The second-order valence-electron chi connectivity index (χ2n) is 11.5. The Morgan fingerprint density at radius 1 is 1.10 bits per heavy atom. The fraction of sp³-hybridized carbons (Fsp3) is 0.889. The number of esters is 1. The summed E-state index contributed by atoms with van der Waals surface area (Å²) in [5.74, 6) is 2.80. The van der Waals surface area contributed by atoms with E-state index in [9.17, 15) is 4.79 Å². The Morgan fingerprint density at radius 3 is 2.65 bits per heavy atom. The number of carbonyl (C=O) groups is 1. The van der Waals surface area contributed by atoms with E-state index in [-0.39, 0.29) is 5.97 Å². The minimum atomic E-state index is -0.0615. The van der Waals surface area contributed by atoms with Gasteiger partial charge in [-0.1, -0.05) is 31.9 Å². The van der Waals surface area contributed by atoms with Gasteiger partial charge in [-0.3, -0.25) is 4.79 Å². The maximum Gasteiger partial charge on any atom is 0.305 e. The molecule has 176 valence electrons. The normalized spacial score (nSPS) is 40.7. The minimum Gasteiger partial charge on any atom is -0.469 e. The standard InChI is InChI=1S/C27H44O4/c1-18(6-11-25(28)30-5)22-9-10-23-21-8-7-19-16-20(31-17-29-4)12-14-26(19,2)24(21)13-15-27(22,23)3/h18-20,22,24H,6-17H2,1-5H3/t18-,19-,20-,22-,24?,26+,27-/m1/s1. The van der Waals surface area contributed by atoms with E-state index in [2.05, 4.69) is 20.8 Å². The smallest absolute Gasteiger partial charge is 0.305 e. The second kappa shape index (κ2) is 9.17. The highest BCUT2D eigenvalue weighted by molar-refractivity contribution is 5.69. The summed E-state index contributed by atoms with van der Waals surface area (Å²) in [6.07, 6.45) is 13.5. The van der Waals surface area contributed by atoms with Gasteiger partial charge in [0.2, 0.25) is 0 Å². The van der Waals surface area contributed by atoms with E-state index in [0.29, 0.717) is 42.0 Å². The zero-order valence-corrected chi connectivity index (χ0v) is 20.5.